The molecule has 0 fully saturated rings. The van der Waals surface area contributed by atoms with Crippen LogP contribution in [0, 0.1) is 0 Å². The summed E-state index contributed by atoms with van der Waals surface area (Å²) in [5, 5.41) is 2.90. The van der Waals surface area contributed by atoms with Crippen molar-refractivity contribution in [3.8, 4) is 0 Å². The van der Waals surface area contributed by atoms with Crippen LogP contribution in [0.15, 0.2) is 24.6 Å². The Morgan fingerprint density at radius 3 is 2.30 bits per heavy atom. The summed E-state index contributed by atoms with van der Waals surface area (Å²) in [7, 11) is 0. The fourth-order valence-corrected chi connectivity index (χ4v) is 0.303. The van der Waals surface area contributed by atoms with Crippen molar-refractivity contribution in [2.24, 2.45) is 0 Å². The number of nitrogens with one attached hydrogen (secondary N) is 1. The Morgan fingerprint density at radius 1 is 1.50 bits per heavy atom. The van der Waals surface area contributed by atoms with Gasteiger partial charge in [0, 0.05) is 0 Å². The summed E-state index contributed by atoms with van der Waals surface area (Å²) in [6.45, 7) is 11.7. The lowest BCUT2D eigenvalue weighted by molar-refractivity contribution is 1.04. The van der Waals surface area contributed by atoms with E-state index in [1.165, 1.54) is 5.57 Å². The molecule has 0 aromatic rings. The average molecular weight is 141 g/mol. The monoisotopic (exact) mass is 141 g/mol. The Morgan fingerprint density at radius 2 is 2.00 bits per heavy atom. The molecule has 0 aromatic carbocycles. The predicted molar refractivity (Wildman–Crippen MR) is 48.7 cm³/mol. The first-order valence-electron chi connectivity index (χ1n) is 3.83. The van der Waals surface area contributed by atoms with Crippen LogP contribution in [0.2, 0.25) is 0 Å². The molecular formula is C9H19N. The van der Waals surface area contributed by atoms with Crippen molar-refractivity contribution in [2.75, 3.05) is 0 Å². The fraction of sp³-hybridized carbons (Fsp3) is 0.556. The molecule has 60 valence electrons. The van der Waals surface area contributed by atoms with E-state index >= 15 is 0 Å². The zero-order valence-electron chi connectivity index (χ0n) is 7.57. The van der Waals surface area contributed by atoms with Gasteiger partial charge in [-0.3, -0.25) is 0 Å². The fourth-order valence-electron chi connectivity index (χ4n) is 0.303. The second-order valence-electron chi connectivity index (χ2n) is 1.72. The second kappa shape index (κ2) is 11.1. The summed E-state index contributed by atoms with van der Waals surface area (Å²) >= 11 is 0. The molecule has 10 heavy (non-hydrogen) atoms. The predicted octanol–water partition coefficient (Wildman–Crippen LogP) is 3.06. The molecule has 0 aromatic heterocycles. The third-order valence-electron chi connectivity index (χ3n) is 1.01. The number of allylic oxidation sites excluding steroid dienone is 1. The first kappa shape index (κ1) is 12.0. The second-order valence-corrected chi connectivity index (χ2v) is 1.72. The Kier molecular flexibility index (Phi) is 13.4. The molecule has 0 saturated carbocycles. The lowest BCUT2D eigenvalue weighted by atomic mass is 10.3. The van der Waals surface area contributed by atoms with Gasteiger partial charge in [0.15, 0.2) is 0 Å². The Hall–Kier alpha value is -0.720. The van der Waals surface area contributed by atoms with Gasteiger partial charge in [-0.05, 0) is 25.7 Å². The van der Waals surface area contributed by atoms with E-state index in [4.69, 9.17) is 0 Å². The van der Waals surface area contributed by atoms with Crippen LogP contribution in [0.1, 0.15) is 34.1 Å². The molecule has 0 unspecified atom stereocenters. The van der Waals surface area contributed by atoms with Crippen molar-refractivity contribution < 1.29 is 0 Å². The van der Waals surface area contributed by atoms with Gasteiger partial charge in [-0.2, -0.15) is 0 Å². The van der Waals surface area contributed by atoms with Gasteiger partial charge in [0.1, 0.15) is 0 Å². The van der Waals surface area contributed by atoms with Gasteiger partial charge < -0.3 is 5.32 Å². The average Bonchev–Trinajstić information content (AvgIpc) is 2.04. The SMILES string of the molecule is C=CN/C=C(/C)CC.CC. The summed E-state index contributed by atoms with van der Waals surface area (Å²) < 4.78 is 0. The highest BCUT2D eigenvalue weighted by molar-refractivity contribution is 4.96. The molecule has 1 N–H and O–H groups in total. The van der Waals surface area contributed by atoms with E-state index in [-0.39, 0.29) is 0 Å². The normalized spacial score (nSPS) is 9.40. The van der Waals surface area contributed by atoms with Gasteiger partial charge in [-0.1, -0.05) is 32.9 Å². The first-order valence-corrected chi connectivity index (χ1v) is 3.83. The first-order chi connectivity index (χ1) is 4.81. The van der Waals surface area contributed by atoms with Crippen molar-refractivity contribution in [1.29, 1.82) is 0 Å². The molecule has 0 rings (SSSR count). The zero-order chi connectivity index (χ0) is 8.41. The minimum atomic E-state index is 1.10. The zero-order valence-corrected chi connectivity index (χ0v) is 7.57. The minimum Gasteiger partial charge on any atom is -0.368 e. The van der Waals surface area contributed by atoms with Gasteiger partial charge in [-0.25, -0.2) is 0 Å². The molecule has 0 heterocycles. The van der Waals surface area contributed by atoms with Crippen LogP contribution in [0.3, 0.4) is 0 Å². The number of hydrogen-bond acceptors (Lipinski definition) is 1. The van der Waals surface area contributed by atoms with E-state index < -0.39 is 0 Å². The lowest BCUT2D eigenvalue weighted by Crippen LogP contribution is -1.91. The van der Waals surface area contributed by atoms with Crippen molar-refractivity contribution in [3.63, 3.8) is 0 Å². The summed E-state index contributed by atoms with van der Waals surface area (Å²) in [5.74, 6) is 0. The van der Waals surface area contributed by atoms with E-state index in [0.717, 1.165) is 6.42 Å². The molecule has 0 aliphatic heterocycles. The highest BCUT2D eigenvalue weighted by Crippen LogP contribution is 1.93. The third-order valence-corrected chi connectivity index (χ3v) is 1.01. The van der Waals surface area contributed by atoms with E-state index in [1.807, 2.05) is 20.0 Å². The van der Waals surface area contributed by atoms with Gasteiger partial charge in [0.25, 0.3) is 0 Å². The van der Waals surface area contributed by atoms with Gasteiger partial charge >= 0.3 is 0 Å². The van der Waals surface area contributed by atoms with Crippen LogP contribution in [-0.2, 0) is 0 Å². The van der Waals surface area contributed by atoms with Crippen LogP contribution in [0.5, 0.6) is 0 Å². The molecule has 0 saturated heterocycles. The van der Waals surface area contributed by atoms with Gasteiger partial charge in [0.05, 0.1) is 0 Å². The maximum Gasteiger partial charge on any atom is -0.000675 e. The molecule has 0 amide bonds. The topological polar surface area (TPSA) is 12.0 Å². The summed E-state index contributed by atoms with van der Waals surface area (Å²) in [6, 6.07) is 0. The lowest BCUT2D eigenvalue weighted by Gasteiger charge is -1.92. The van der Waals surface area contributed by atoms with Crippen LogP contribution in [0.4, 0.5) is 0 Å². The highest BCUT2D eigenvalue weighted by atomic mass is 14.8. The maximum atomic E-state index is 3.51. The summed E-state index contributed by atoms with van der Waals surface area (Å²) in [5.41, 5.74) is 1.34. The quantitative estimate of drug-likeness (QED) is 0.637. The largest absolute Gasteiger partial charge is 0.368 e. The Labute approximate surface area is 64.8 Å². The van der Waals surface area contributed by atoms with E-state index in [0.29, 0.717) is 0 Å². The standard InChI is InChI=1S/C7H13N.C2H6/c1-4-7(3)6-8-5-2;1-2/h5-6,8H,2,4H2,1,3H3;1-2H3/b7-6-;. The van der Waals surface area contributed by atoms with E-state index in [9.17, 15) is 0 Å². The minimum absolute atomic E-state index is 1.10. The molecule has 0 aliphatic rings. The van der Waals surface area contributed by atoms with Crippen LogP contribution >= 0.6 is 0 Å². The molecule has 0 radical (unpaired) electrons. The Bertz CT molecular complexity index is 92.9. The molecule has 0 atom stereocenters. The smallest absolute Gasteiger partial charge is 0.000675 e. The van der Waals surface area contributed by atoms with Crippen molar-refractivity contribution in [2.45, 2.75) is 34.1 Å². The van der Waals surface area contributed by atoms with Crippen LogP contribution in [0.25, 0.3) is 0 Å². The van der Waals surface area contributed by atoms with Gasteiger partial charge in [-0.15, -0.1) is 0 Å². The summed E-state index contributed by atoms with van der Waals surface area (Å²) in [4.78, 5) is 0. The van der Waals surface area contributed by atoms with E-state index in [1.54, 1.807) is 6.20 Å². The molecule has 1 nitrogen and oxygen atoms in total. The molecule has 1 heteroatoms. The Balaban J connectivity index is 0. The molecule has 0 spiro atoms. The molecule has 0 aliphatic carbocycles. The van der Waals surface area contributed by atoms with Crippen LogP contribution in [-0.4, -0.2) is 0 Å². The van der Waals surface area contributed by atoms with Crippen LogP contribution < -0.4 is 5.32 Å². The molecule has 0 bridgehead atoms. The van der Waals surface area contributed by atoms with E-state index in [2.05, 4.69) is 25.7 Å². The van der Waals surface area contributed by atoms with Crippen molar-refractivity contribution in [1.82, 2.24) is 5.32 Å². The summed E-state index contributed by atoms with van der Waals surface area (Å²) in [6.07, 6.45) is 4.72. The number of hydrogen-bond donors (Lipinski definition) is 1. The number of rotatable bonds is 3. The van der Waals surface area contributed by atoms with Crippen molar-refractivity contribution in [3.05, 3.63) is 24.6 Å². The van der Waals surface area contributed by atoms with Crippen molar-refractivity contribution >= 4 is 0 Å². The molecular weight excluding hydrogens is 122 g/mol. The van der Waals surface area contributed by atoms with Gasteiger partial charge in [0.2, 0.25) is 0 Å². The maximum absolute atomic E-state index is 3.51. The third kappa shape index (κ3) is 10.3. The highest BCUT2D eigenvalue weighted by Gasteiger charge is 1.77.